The van der Waals surface area contributed by atoms with Crippen molar-refractivity contribution in [3.8, 4) is 29.2 Å². The zero-order valence-electron chi connectivity index (χ0n) is 13.8. The highest BCUT2D eigenvalue weighted by molar-refractivity contribution is 7.91. The second-order valence-electron chi connectivity index (χ2n) is 5.35. The smallest absolute Gasteiger partial charge is 0.307 e. The normalized spacial score (nSPS) is 11.0. The van der Waals surface area contributed by atoms with Crippen LogP contribution in [-0.2, 0) is 20.4 Å². The fraction of sp³-hybridized carbons (Fsp3) is 0.267. The second-order valence-corrected chi connectivity index (χ2v) is 7.41. The first-order valence-electron chi connectivity index (χ1n) is 7.43. The predicted molar refractivity (Wildman–Crippen MR) is 88.1 cm³/mol. The van der Waals surface area contributed by atoms with Gasteiger partial charge in [0.05, 0.1) is 19.0 Å². The van der Waals surface area contributed by atoms with Crippen molar-refractivity contribution in [3.63, 3.8) is 0 Å². The van der Waals surface area contributed by atoms with Gasteiger partial charge in [0.15, 0.2) is 15.6 Å². The maximum atomic E-state index is 12.1. The lowest BCUT2D eigenvalue weighted by Gasteiger charge is -2.12. The maximum Gasteiger partial charge on any atom is 0.307 e. The van der Waals surface area contributed by atoms with Crippen molar-refractivity contribution in [2.45, 2.75) is 12.2 Å². The van der Waals surface area contributed by atoms with Crippen LogP contribution in [0.5, 0.6) is 11.7 Å². The lowest BCUT2D eigenvalue weighted by atomic mass is 10.2. The molecule has 0 bridgehead atoms. The first-order valence-corrected chi connectivity index (χ1v) is 9.25. The van der Waals surface area contributed by atoms with E-state index >= 15 is 0 Å². The van der Waals surface area contributed by atoms with E-state index in [2.05, 4.69) is 9.87 Å². The van der Waals surface area contributed by atoms with Gasteiger partial charge in [0.1, 0.15) is 17.2 Å². The Balaban J connectivity index is 2.14. The molecule has 2 rings (SSSR count). The van der Waals surface area contributed by atoms with E-state index in [9.17, 15) is 23.5 Å². The molecule has 1 aromatic heterocycles. The molecule has 0 saturated heterocycles. The molecule has 0 aliphatic rings. The quantitative estimate of drug-likeness (QED) is 0.330. The van der Waals surface area contributed by atoms with E-state index in [1.54, 1.807) is 6.07 Å². The summed E-state index contributed by atoms with van der Waals surface area (Å²) in [5.41, 5.74) is -0.0238. The Kier molecular flexibility index (Phi) is 6.35. The summed E-state index contributed by atoms with van der Waals surface area (Å²) in [6.07, 6.45) is -0.160. The SMILES string of the molecule is N#CCCN(O)C(=O)CS(=O)(=O)Cc1nc(-c2cccc(OO)c2)oc1O. The highest BCUT2D eigenvalue weighted by atomic mass is 32.2. The predicted octanol–water partition coefficient (Wildman–Crippen LogP) is 0.945. The number of sulfone groups is 1. The lowest BCUT2D eigenvalue weighted by Crippen LogP contribution is -2.34. The Morgan fingerprint density at radius 3 is 2.81 bits per heavy atom. The number of aromatic nitrogens is 1. The van der Waals surface area contributed by atoms with Gasteiger partial charge in [-0.05, 0) is 18.2 Å². The third-order valence-corrected chi connectivity index (χ3v) is 4.69. The summed E-state index contributed by atoms with van der Waals surface area (Å²) in [5, 5.41) is 36.4. The molecule has 0 saturated carbocycles. The Morgan fingerprint density at radius 1 is 1.41 bits per heavy atom. The van der Waals surface area contributed by atoms with Crippen molar-refractivity contribution >= 4 is 15.7 Å². The topological polar surface area (TPSA) is 174 Å². The molecule has 27 heavy (non-hydrogen) atoms. The molecule has 1 aromatic carbocycles. The molecule has 0 aliphatic heterocycles. The molecular weight excluding hydrogens is 382 g/mol. The third kappa shape index (κ3) is 5.42. The van der Waals surface area contributed by atoms with Crippen LogP contribution in [0.2, 0.25) is 0 Å². The highest BCUT2D eigenvalue weighted by Gasteiger charge is 2.25. The summed E-state index contributed by atoms with van der Waals surface area (Å²) >= 11 is 0. The van der Waals surface area contributed by atoms with Gasteiger partial charge in [-0.25, -0.2) is 23.7 Å². The molecule has 11 nitrogen and oxygen atoms in total. The number of oxazole rings is 1. The molecule has 2 aromatic rings. The van der Waals surface area contributed by atoms with E-state index in [0.717, 1.165) is 0 Å². The lowest BCUT2D eigenvalue weighted by molar-refractivity contribution is -0.161. The van der Waals surface area contributed by atoms with E-state index in [4.69, 9.17) is 14.9 Å². The number of nitrogens with zero attached hydrogens (tertiary/aromatic N) is 3. The minimum Gasteiger partial charge on any atom is -0.479 e. The van der Waals surface area contributed by atoms with Crippen molar-refractivity contribution < 1.29 is 38.1 Å². The molecule has 0 radical (unpaired) electrons. The number of hydroxylamine groups is 2. The van der Waals surface area contributed by atoms with Gasteiger partial charge >= 0.3 is 5.95 Å². The molecule has 1 amide bonds. The monoisotopic (exact) mass is 397 g/mol. The zero-order chi connectivity index (χ0) is 20.0. The maximum absolute atomic E-state index is 12.1. The average Bonchev–Trinajstić information content (AvgIpc) is 2.99. The molecule has 12 heteroatoms. The van der Waals surface area contributed by atoms with Crippen LogP contribution in [0.3, 0.4) is 0 Å². The molecule has 0 unspecified atom stereocenters. The molecule has 0 spiro atoms. The first-order chi connectivity index (χ1) is 12.8. The molecule has 0 fully saturated rings. The number of hydrogen-bond donors (Lipinski definition) is 3. The van der Waals surface area contributed by atoms with Gasteiger partial charge in [0.2, 0.25) is 5.89 Å². The van der Waals surface area contributed by atoms with Gasteiger partial charge in [-0.2, -0.15) is 5.26 Å². The van der Waals surface area contributed by atoms with Crippen molar-refractivity contribution in [1.29, 1.82) is 5.26 Å². The van der Waals surface area contributed by atoms with E-state index in [0.29, 0.717) is 5.56 Å². The van der Waals surface area contributed by atoms with Crippen LogP contribution in [0, 0.1) is 11.3 Å². The minimum atomic E-state index is -4.09. The van der Waals surface area contributed by atoms with Crippen LogP contribution in [0.1, 0.15) is 12.1 Å². The second kappa shape index (κ2) is 8.49. The molecule has 144 valence electrons. The standard InChI is InChI=1S/C15H15N3O8S/c16-5-2-6-18(21)13(19)9-27(23,24)8-12-15(20)25-14(17-12)10-3-1-4-11(7-10)26-22/h1,3-4,7,20-22H,2,6,8-9H2. The van der Waals surface area contributed by atoms with Crippen molar-refractivity contribution in [3.05, 3.63) is 30.0 Å². The summed E-state index contributed by atoms with van der Waals surface area (Å²) in [5.74, 6) is -3.75. The summed E-state index contributed by atoms with van der Waals surface area (Å²) < 4.78 is 29.2. The van der Waals surface area contributed by atoms with E-state index < -0.39 is 33.2 Å². The summed E-state index contributed by atoms with van der Waals surface area (Å²) in [4.78, 5) is 19.6. The minimum absolute atomic E-state index is 0.0744. The van der Waals surface area contributed by atoms with Crippen molar-refractivity contribution in [1.82, 2.24) is 10.0 Å². The fourth-order valence-electron chi connectivity index (χ4n) is 2.05. The van der Waals surface area contributed by atoms with Gasteiger partial charge in [-0.3, -0.25) is 10.0 Å². The van der Waals surface area contributed by atoms with Crippen LogP contribution in [0.4, 0.5) is 0 Å². The molecule has 1 heterocycles. The van der Waals surface area contributed by atoms with Crippen LogP contribution in [-0.4, -0.2) is 52.2 Å². The Hall–Kier alpha value is -3.14. The van der Waals surface area contributed by atoms with E-state index in [1.165, 1.54) is 24.3 Å². The number of carbonyl (C=O) groups excluding carboxylic acids is 1. The van der Waals surface area contributed by atoms with Crippen molar-refractivity contribution in [2.75, 3.05) is 12.3 Å². The number of carbonyl (C=O) groups is 1. The summed E-state index contributed by atoms with van der Waals surface area (Å²) in [6, 6.07) is 7.52. The van der Waals surface area contributed by atoms with E-state index in [1.807, 2.05) is 0 Å². The summed E-state index contributed by atoms with van der Waals surface area (Å²) in [6.45, 7) is -0.326. The van der Waals surface area contributed by atoms with Crippen LogP contribution in [0.15, 0.2) is 28.7 Å². The Labute approximate surface area is 153 Å². The molecule has 0 aliphatic carbocycles. The van der Waals surface area contributed by atoms with Gasteiger partial charge in [0, 0.05) is 5.56 Å². The highest BCUT2D eigenvalue weighted by Crippen LogP contribution is 2.29. The number of hydrogen-bond acceptors (Lipinski definition) is 10. The van der Waals surface area contributed by atoms with Gasteiger partial charge < -0.3 is 14.4 Å². The fourth-order valence-corrected chi connectivity index (χ4v) is 3.28. The third-order valence-electron chi connectivity index (χ3n) is 3.29. The zero-order valence-corrected chi connectivity index (χ0v) is 14.6. The number of nitriles is 1. The van der Waals surface area contributed by atoms with Crippen LogP contribution < -0.4 is 4.89 Å². The van der Waals surface area contributed by atoms with Crippen LogP contribution >= 0.6 is 0 Å². The first kappa shape index (κ1) is 20.2. The van der Waals surface area contributed by atoms with Gasteiger partial charge in [-0.15, -0.1) is 0 Å². The molecular formula is C15H15N3O8S. The number of aromatic hydroxyl groups is 1. The van der Waals surface area contributed by atoms with Crippen molar-refractivity contribution in [2.24, 2.45) is 0 Å². The average molecular weight is 397 g/mol. The number of rotatable bonds is 8. The summed E-state index contributed by atoms with van der Waals surface area (Å²) in [7, 11) is -4.09. The van der Waals surface area contributed by atoms with Gasteiger partial charge in [0.25, 0.3) is 5.91 Å². The van der Waals surface area contributed by atoms with Gasteiger partial charge in [-0.1, -0.05) is 6.07 Å². The molecule has 3 N–H and O–H groups in total. The molecule has 0 atom stereocenters. The van der Waals surface area contributed by atoms with Crippen LogP contribution in [0.25, 0.3) is 11.5 Å². The largest absolute Gasteiger partial charge is 0.479 e. The van der Waals surface area contributed by atoms with E-state index in [-0.39, 0.29) is 35.4 Å². The Bertz CT molecular complexity index is 964. The Morgan fingerprint density at radius 2 is 2.15 bits per heavy atom. The number of benzene rings is 1. The number of amides is 1.